The number of hydrogen-bond acceptors (Lipinski definition) is 4. The number of aromatic nitrogens is 2. The van der Waals surface area contributed by atoms with Gasteiger partial charge in [-0.25, -0.2) is 8.42 Å². The van der Waals surface area contributed by atoms with Crippen molar-refractivity contribution >= 4 is 15.7 Å². The zero-order chi connectivity index (χ0) is 14.0. The number of benzene rings is 1. The summed E-state index contributed by atoms with van der Waals surface area (Å²) in [4.78, 5) is 0.177. The molecule has 0 aliphatic rings. The summed E-state index contributed by atoms with van der Waals surface area (Å²) < 4.78 is 33.4. The van der Waals surface area contributed by atoms with Crippen LogP contribution in [0, 0.1) is 6.92 Å². The molecule has 19 heavy (non-hydrogen) atoms. The monoisotopic (exact) mass is 281 g/mol. The van der Waals surface area contributed by atoms with Crippen LogP contribution >= 0.6 is 0 Å². The fourth-order valence-electron chi connectivity index (χ4n) is 1.66. The molecule has 1 aromatic heterocycles. The molecule has 1 N–H and O–H groups in total. The summed E-state index contributed by atoms with van der Waals surface area (Å²) >= 11 is 0. The second-order valence-electron chi connectivity index (χ2n) is 4.08. The minimum absolute atomic E-state index is 0.177. The van der Waals surface area contributed by atoms with E-state index in [4.69, 9.17) is 4.74 Å². The van der Waals surface area contributed by atoms with E-state index in [9.17, 15) is 8.42 Å². The van der Waals surface area contributed by atoms with Crippen LogP contribution in [0.1, 0.15) is 5.69 Å². The van der Waals surface area contributed by atoms with Crippen molar-refractivity contribution in [3.05, 3.63) is 36.2 Å². The van der Waals surface area contributed by atoms with Gasteiger partial charge in [-0.05, 0) is 31.2 Å². The van der Waals surface area contributed by atoms with Gasteiger partial charge in [0.05, 0.1) is 23.4 Å². The molecule has 0 unspecified atom stereocenters. The molecular formula is C12H15N3O3S. The average Bonchev–Trinajstić information content (AvgIpc) is 2.67. The van der Waals surface area contributed by atoms with Crippen LogP contribution in [0.15, 0.2) is 35.4 Å². The van der Waals surface area contributed by atoms with E-state index in [0.717, 1.165) is 0 Å². The molecule has 0 radical (unpaired) electrons. The normalized spacial score (nSPS) is 11.3. The predicted octanol–water partition coefficient (Wildman–Crippen LogP) is 1.54. The summed E-state index contributed by atoms with van der Waals surface area (Å²) in [5.41, 5.74) is 1.10. The highest BCUT2D eigenvalue weighted by Crippen LogP contribution is 2.20. The van der Waals surface area contributed by atoms with Gasteiger partial charge < -0.3 is 4.74 Å². The molecule has 0 fully saturated rings. The Bertz CT molecular complexity index is 675. The molecule has 102 valence electrons. The molecule has 0 spiro atoms. The third-order valence-electron chi connectivity index (χ3n) is 2.63. The Labute approximate surface area is 112 Å². The van der Waals surface area contributed by atoms with Gasteiger partial charge in [-0.1, -0.05) is 0 Å². The zero-order valence-corrected chi connectivity index (χ0v) is 11.7. The summed E-state index contributed by atoms with van der Waals surface area (Å²) in [6, 6.07) is 6.19. The molecule has 0 atom stereocenters. The van der Waals surface area contributed by atoms with Crippen LogP contribution in [-0.2, 0) is 17.1 Å². The summed E-state index contributed by atoms with van der Waals surface area (Å²) in [5.74, 6) is 0.608. The number of ether oxygens (including phenoxy) is 1. The van der Waals surface area contributed by atoms with Gasteiger partial charge in [0.1, 0.15) is 5.75 Å². The average molecular weight is 281 g/mol. The van der Waals surface area contributed by atoms with Crippen LogP contribution in [0.2, 0.25) is 0 Å². The number of aryl methyl sites for hydroxylation is 2. The first-order valence-electron chi connectivity index (χ1n) is 5.59. The number of rotatable bonds is 4. The predicted molar refractivity (Wildman–Crippen MR) is 71.7 cm³/mol. The van der Waals surface area contributed by atoms with E-state index in [2.05, 4.69) is 9.82 Å². The fraction of sp³-hybridized carbons (Fsp3) is 0.250. The summed E-state index contributed by atoms with van der Waals surface area (Å²) in [6.07, 6.45) is 1.62. The van der Waals surface area contributed by atoms with E-state index in [-0.39, 0.29) is 4.90 Å². The molecule has 1 aromatic carbocycles. The smallest absolute Gasteiger partial charge is 0.262 e. The molecule has 0 saturated heterocycles. The quantitative estimate of drug-likeness (QED) is 0.922. The second-order valence-corrected chi connectivity index (χ2v) is 5.77. The lowest BCUT2D eigenvalue weighted by Gasteiger charge is -2.07. The van der Waals surface area contributed by atoms with Gasteiger partial charge in [-0.15, -0.1) is 0 Å². The highest BCUT2D eigenvalue weighted by Gasteiger charge is 2.16. The Morgan fingerprint density at radius 3 is 2.37 bits per heavy atom. The van der Waals surface area contributed by atoms with Crippen molar-refractivity contribution in [2.45, 2.75) is 11.8 Å². The Kier molecular flexibility index (Phi) is 3.48. The minimum Gasteiger partial charge on any atom is -0.497 e. The summed E-state index contributed by atoms with van der Waals surface area (Å²) in [6.45, 7) is 1.74. The molecule has 0 aliphatic carbocycles. The Hall–Kier alpha value is -2.02. The number of nitrogens with zero attached hydrogens (tertiary/aromatic N) is 2. The fourth-order valence-corrected chi connectivity index (χ4v) is 2.76. The largest absolute Gasteiger partial charge is 0.497 e. The standard InChI is InChI=1S/C12H15N3O3S/c1-9-12(8-15(2)13-9)14-19(16,17)11-6-4-10(18-3)5-7-11/h4-8,14H,1-3H3. The third-order valence-corrected chi connectivity index (χ3v) is 4.01. The molecule has 1 heterocycles. The minimum atomic E-state index is -3.61. The third kappa shape index (κ3) is 2.87. The molecule has 0 aliphatic heterocycles. The first kappa shape index (κ1) is 13.4. The van der Waals surface area contributed by atoms with Gasteiger partial charge in [-0.2, -0.15) is 5.10 Å². The van der Waals surface area contributed by atoms with Crippen molar-refractivity contribution < 1.29 is 13.2 Å². The van der Waals surface area contributed by atoms with Gasteiger partial charge >= 0.3 is 0 Å². The number of anilines is 1. The molecule has 0 amide bonds. The van der Waals surface area contributed by atoms with Gasteiger partial charge in [0.25, 0.3) is 10.0 Å². The lowest BCUT2D eigenvalue weighted by molar-refractivity contribution is 0.414. The number of sulfonamides is 1. The molecule has 0 bridgehead atoms. The van der Waals surface area contributed by atoms with Crippen molar-refractivity contribution in [2.24, 2.45) is 7.05 Å². The topological polar surface area (TPSA) is 73.2 Å². The molecule has 0 saturated carbocycles. The van der Waals surface area contributed by atoms with Gasteiger partial charge in [0.15, 0.2) is 0 Å². The maximum absolute atomic E-state index is 12.2. The lowest BCUT2D eigenvalue weighted by atomic mass is 10.3. The van der Waals surface area contributed by atoms with Crippen molar-refractivity contribution in [3.8, 4) is 5.75 Å². The van der Waals surface area contributed by atoms with Crippen molar-refractivity contribution in [1.82, 2.24) is 9.78 Å². The lowest BCUT2D eigenvalue weighted by Crippen LogP contribution is -2.13. The Morgan fingerprint density at radius 2 is 1.89 bits per heavy atom. The summed E-state index contributed by atoms with van der Waals surface area (Å²) in [5, 5.41) is 4.09. The molecule has 2 aromatic rings. The first-order chi connectivity index (χ1) is 8.92. The van der Waals surface area contributed by atoms with Gasteiger partial charge in [0, 0.05) is 13.2 Å². The molecule has 2 rings (SSSR count). The second kappa shape index (κ2) is 4.93. The summed E-state index contributed by atoms with van der Waals surface area (Å²) in [7, 11) is -0.344. The van der Waals surface area contributed by atoms with Crippen molar-refractivity contribution in [2.75, 3.05) is 11.8 Å². The maximum Gasteiger partial charge on any atom is 0.262 e. The molecular weight excluding hydrogens is 266 g/mol. The maximum atomic E-state index is 12.2. The molecule has 6 nitrogen and oxygen atoms in total. The van der Waals surface area contributed by atoms with E-state index < -0.39 is 10.0 Å². The van der Waals surface area contributed by atoms with E-state index in [1.807, 2.05) is 0 Å². The van der Waals surface area contributed by atoms with Gasteiger partial charge in [0.2, 0.25) is 0 Å². The van der Waals surface area contributed by atoms with E-state index in [1.165, 1.54) is 19.2 Å². The van der Waals surface area contributed by atoms with Crippen LogP contribution in [0.5, 0.6) is 5.75 Å². The van der Waals surface area contributed by atoms with E-state index >= 15 is 0 Å². The van der Waals surface area contributed by atoms with Crippen LogP contribution in [0.25, 0.3) is 0 Å². The highest BCUT2D eigenvalue weighted by molar-refractivity contribution is 7.92. The van der Waals surface area contributed by atoms with Crippen LogP contribution < -0.4 is 9.46 Å². The van der Waals surface area contributed by atoms with Crippen molar-refractivity contribution in [1.29, 1.82) is 0 Å². The number of methoxy groups -OCH3 is 1. The SMILES string of the molecule is COc1ccc(S(=O)(=O)Nc2cn(C)nc2C)cc1. The highest BCUT2D eigenvalue weighted by atomic mass is 32.2. The molecule has 7 heteroatoms. The Balaban J connectivity index is 2.29. The zero-order valence-electron chi connectivity index (χ0n) is 10.9. The number of nitrogens with one attached hydrogen (secondary N) is 1. The Morgan fingerprint density at radius 1 is 1.26 bits per heavy atom. The van der Waals surface area contributed by atoms with Crippen LogP contribution in [0.3, 0.4) is 0 Å². The van der Waals surface area contributed by atoms with Crippen LogP contribution in [-0.4, -0.2) is 25.3 Å². The van der Waals surface area contributed by atoms with E-state index in [1.54, 1.807) is 37.0 Å². The van der Waals surface area contributed by atoms with Crippen molar-refractivity contribution in [3.63, 3.8) is 0 Å². The van der Waals surface area contributed by atoms with Gasteiger partial charge in [-0.3, -0.25) is 9.40 Å². The van der Waals surface area contributed by atoms with Crippen LogP contribution in [0.4, 0.5) is 5.69 Å². The van der Waals surface area contributed by atoms with E-state index in [0.29, 0.717) is 17.1 Å². The number of hydrogen-bond donors (Lipinski definition) is 1. The first-order valence-corrected chi connectivity index (χ1v) is 7.08.